The molecule has 0 aromatic carbocycles. The predicted molar refractivity (Wildman–Crippen MR) is 60.5 cm³/mol. The summed E-state index contributed by atoms with van der Waals surface area (Å²) in [6.45, 7) is 8.55. The summed E-state index contributed by atoms with van der Waals surface area (Å²) in [4.78, 5) is 2.21. The van der Waals surface area contributed by atoms with Gasteiger partial charge in [-0.1, -0.05) is 6.92 Å². The Morgan fingerprint density at radius 2 is 1.75 bits per heavy atom. The molecule has 98 valence electrons. The molecule has 0 heterocycles. The maximum Gasteiger partial charge on any atom is 0.401 e. The largest absolute Gasteiger partial charge is 0.401 e. The number of rotatable bonds is 7. The van der Waals surface area contributed by atoms with Crippen LogP contribution in [0.1, 0.15) is 34.1 Å². The molecule has 5 heteroatoms. The van der Waals surface area contributed by atoms with Crippen molar-refractivity contribution in [2.24, 2.45) is 0 Å². The van der Waals surface area contributed by atoms with E-state index in [1.54, 1.807) is 0 Å². The fraction of sp³-hybridized carbons (Fsp3) is 1.00. The van der Waals surface area contributed by atoms with Crippen LogP contribution in [-0.4, -0.2) is 42.8 Å². The van der Waals surface area contributed by atoms with Crippen LogP contribution in [0, 0.1) is 0 Å². The van der Waals surface area contributed by atoms with Crippen LogP contribution in [0.15, 0.2) is 0 Å². The van der Waals surface area contributed by atoms with Crippen molar-refractivity contribution in [2.75, 3.05) is 19.6 Å². The summed E-state index contributed by atoms with van der Waals surface area (Å²) in [7, 11) is 0. The quantitative estimate of drug-likeness (QED) is 0.736. The SMILES string of the molecule is CCCN(C(C)C)C(C)CNCC(F)(F)F. The fourth-order valence-corrected chi connectivity index (χ4v) is 1.79. The van der Waals surface area contributed by atoms with E-state index in [2.05, 4.69) is 31.0 Å². The molecule has 0 spiro atoms. The Kier molecular flexibility index (Phi) is 6.99. The molecule has 0 aromatic heterocycles. The van der Waals surface area contributed by atoms with Crippen LogP contribution in [0.3, 0.4) is 0 Å². The van der Waals surface area contributed by atoms with E-state index in [1.165, 1.54) is 0 Å². The van der Waals surface area contributed by atoms with E-state index in [9.17, 15) is 13.2 Å². The first-order valence-electron chi connectivity index (χ1n) is 5.81. The summed E-state index contributed by atoms with van der Waals surface area (Å²) in [6, 6.07) is 0.491. The van der Waals surface area contributed by atoms with Gasteiger partial charge in [-0.25, -0.2) is 0 Å². The summed E-state index contributed by atoms with van der Waals surface area (Å²) in [5, 5.41) is 2.45. The van der Waals surface area contributed by atoms with Crippen LogP contribution in [0.25, 0.3) is 0 Å². The second-order valence-electron chi connectivity index (χ2n) is 4.43. The van der Waals surface area contributed by atoms with Crippen molar-refractivity contribution in [2.45, 2.75) is 52.4 Å². The first kappa shape index (κ1) is 15.7. The molecule has 0 saturated heterocycles. The minimum absolute atomic E-state index is 0.127. The van der Waals surface area contributed by atoms with Crippen LogP contribution in [0.5, 0.6) is 0 Å². The van der Waals surface area contributed by atoms with Crippen molar-refractivity contribution < 1.29 is 13.2 Å². The summed E-state index contributed by atoms with van der Waals surface area (Å²) < 4.78 is 35.8. The minimum atomic E-state index is -4.12. The van der Waals surface area contributed by atoms with Gasteiger partial charge in [0.15, 0.2) is 0 Å². The van der Waals surface area contributed by atoms with Crippen molar-refractivity contribution >= 4 is 0 Å². The van der Waals surface area contributed by atoms with Gasteiger partial charge < -0.3 is 5.32 Å². The molecule has 1 atom stereocenters. The second-order valence-corrected chi connectivity index (χ2v) is 4.43. The van der Waals surface area contributed by atoms with E-state index < -0.39 is 12.7 Å². The van der Waals surface area contributed by atoms with Crippen LogP contribution in [0.2, 0.25) is 0 Å². The number of hydrogen-bond acceptors (Lipinski definition) is 2. The Morgan fingerprint density at radius 1 is 1.19 bits per heavy atom. The summed E-state index contributed by atoms with van der Waals surface area (Å²) >= 11 is 0. The van der Waals surface area contributed by atoms with Crippen LogP contribution in [-0.2, 0) is 0 Å². The second kappa shape index (κ2) is 7.12. The van der Waals surface area contributed by atoms with E-state index in [0.717, 1.165) is 13.0 Å². The molecular weight excluding hydrogens is 217 g/mol. The van der Waals surface area contributed by atoms with E-state index in [0.29, 0.717) is 12.6 Å². The standard InChI is InChI=1S/C11H23F3N2/c1-5-6-16(9(2)3)10(4)7-15-8-11(12,13)14/h9-10,15H,5-8H2,1-4H3. The van der Waals surface area contributed by atoms with Crippen molar-refractivity contribution in [3.8, 4) is 0 Å². The highest BCUT2D eigenvalue weighted by molar-refractivity contribution is 4.73. The van der Waals surface area contributed by atoms with Gasteiger partial charge in [0.1, 0.15) is 0 Å². The maximum atomic E-state index is 11.9. The molecule has 1 unspecified atom stereocenters. The molecule has 0 rings (SSSR count). The topological polar surface area (TPSA) is 15.3 Å². The average Bonchev–Trinajstić information content (AvgIpc) is 2.11. The number of alkyl halides is 3. The molecule has 0 fully saturated rings. The van der Waals surface area contributed by atoms with Gasteiger partial charge in [-0.15, -0.1) is 0 Å². The molecule has 0 aliphatic carbocycles. The Hall–Kier alpha value is -0.290. The average molecular weight is 240 g/mol. The van der Waals surface area contributed by atoms with Gasteiger partial charge in [0.2, 0.25) is 0 Å². The minimum Gasteiger partial charge on any atom is -0.307 e. The first-order chi connectivity index (χ1) is 7.28. The lowest BCUT2D eigenvalue weighted by molar-refractivity contribution is -0.125. The lowest BCUT2D eigenvalue weighted by Crippen LogP contribution is -2.46. The summed E-state index contributed by atoms with van der Waals surface area (Å²) in [5.74, 6) is 0. The molecule has 0 saturated carbocycles. The third-order valence-electron chi connectivity index (χ3n) is 2.48. The molecule has 0 aliphatic rings. The zero-order chi connectivity index (χ0) is 12.8. The van der Waals surface area contributed by atoms with Gasteiger partial charge >= 0.3 is 6.18 Å². The molecular formula is C11H23F3N2. The summed E-state index contributed by atoms with van der Waals surface area (Å²) in [5.41, 5.74) is 0. The maximum absolute atomic E-state index is 11.9. The monoisotopic (exact) mass is 240 g/mol. The molecule has 0 amide bonds. The molecule has 0 radical (unpaired) electrons. The molecule has 0 aromatic rings. The first-order valence-corrected chi connectivity index (χ1v) is 5.81. The van der Waals surface area contributed by atoms with E-state index in [4.69, 9.17) is 0 Å². The predicted octanol–water partition coefficient (Wildman–Crippen LogP) is 2.65. The van der Waals surface area contributed by atoms with Crippen molar-refractivity contribution in [1.82, 2.24) is 10.2 Å². The molecule has 2 nitrogen and oxygen atoms in total. The Labute approximate surface area is 96.2 Å². The van der Waals surface area contributed by atoms with Gasteiger partial charge in [0.25, 0.3) is 0 Å². The third kappa shape index (κ3) is 7.06. The lowest BCUT2D eigenvalue weighted by atomic mass is 10.2. The van der Waals surface area contributed by atoms with Gasteiger partial charge in [-0.05, 0) is 33.7 Å². The van der Waals surface area contributed by atoms with Crippen molar-refractivity contribution in [1.29, 1.82) is 0 Å². The molecule has 0 aliphatic heterocycles. The lowest BCUT2D eigenvalue weighted by Gasteiger charge is -2.32. The highest BCUT2D eigenvalue weighted by Crippen LogP contribution is 2.12. The van der Waals surface area contributed by atoms with E-state index in [1.807, 2.05) is 6.92 Å². The zero-order valence-electron chi connectivity index (χ0n) is 10.6. The van der Waals surface area contributed by atoms with Gasteiger partial charge in [0, 0.05) is 18.6 Å². The smallest absolute Gasteiger partial charge is 0.307 e. The third-order valence-corrected chi connectivity index (χ3v) is 2.48. The normalized spacial score (nSPS) is 14.8. The van der Waals surface area contributed by atoms with Gasteiger partial charge in [-0.2, -0.15) is 13.2 Å². The molecule has 16 heavy (non-hydrogen) atoms. The van der Waals surface area contributed by atoms with Gasteiger partial charge in [-0.3, -0.25) is 4.90 Å². The molecule has 0 bridgehead atoms. The fourth-order valence-electron chi connectivity index (χ4n) is 1.79. The highest BCUT2D eigenvalue weighted by atomic mass is 19.4. The number of nitrogens with one attached hydrogen (secondary N) is 1. The Balaban J connectivity index is 3.96. The van der Waals surface area contributed by atoms with Crippen LogP contribution in [0.4, 0.5) is 13.2 Å². The highest BCUT2D eigenvalue weighted by Gasteiger charge is 2.27. The summed E-state index contributed by atoms with van der Waals surface area (Å²) in [6.07, 6.45) is -3.10. The number of halogens is 3. The number of nitrogens with zero attached hydrogens (tertiary/aromatic N) is 1. The van der Waals surface area contributed by atoms with Crippen LogP contribution < -0.4 is 5.32 Å². The zero-order valence-corrected chi connectivity index (χ0v) is 10.6. The van der Waals surface area contributed by atoms with Gasteiger partial charge in [0.05, 0.1) is 6.54 Å². The van der Waals surface area contributed by atoms with Crippen molar-refractivity contribution in [3.05, 3.63) is 0 Å². The van der Waals surface area contributed by atoms with E-state index >= 15 is 0 Å². The van der Waals surface area contributed by atoms with Crippen molar-refractivity contribution in [3.63, 3.8) is 0 Å². The Bertz CT molecular complexity index is 181. The van der Waals surface area contributed by atoms with E-state index in [-0.39, 0.29) is 6.04 Å². The Morgan fingerprint density at radius 3 is 2.12 bits per heavy atom. The number of hydrogen-bond donors (Lipinski definition) is 1. The molecule has 1 N–H and O–H groups in total. The van der Waals surface area contributed by atoms with Crippen LogP contribution >= 0.6 is 0 Å².